The molecule has 1 aromatic carbocycles. The molecule has 0 atom stereocenters. The first-order chi connectivity index (χ1) is 12.2. The molecule has 3 aromatic rings. The number of aromatic amines is 1. The molecule has 2 aromatic heterocycles. The van der Waals surface area contributed by atoms with Gasteiger partial charge in [-0.2, -0.15) is 0 Å². The Morgan fingerprint density at radius 1 is 1.28 bits per heavy atom. The van der Waals surface area contributed by atoms with E-state index in [9.17, 15) is 4.79 Å². The fourth-order valence-electron chi connectivity index (χ4n) is 3.51. The van der Waals surface area contributed by atoms with E-state index in [1.54, 1.807) is 4.90 Å². The second kappa shape index (κ2) is 6.33. The van der Waals surface area contributed by atoms with Gasteiger partial charge in [-0.3, -0.25) is 4.79 Å². The molecule has 5 heteroatoms. The van der Waals surface area contributed by atoms with Crippen molar-refractivity contribution in [3.8, 4) is 11.1 Å². The van der Waals surface area contributed by atoms with Gasteiger partial charge in [-0.15, -0.1) is 0 Å². The Balaban J connectivity index is 1.75. The van der Waals surface area contributed by atoms with Crippen LogP contribution in [0.1, 0.15) is 18.2 Å². The van der Waals surface area contributed by atoms with Crippen molar-refractivity contribution in [2.75, 3.05) is 24.7 Å². The van der Waals surface area contributed by atoms with E-state index in [1.807, 2.05) is 18.3 Å². The van der Waals surface area contributed by atoms with Crippen LogP contribution in [0.25, 0.3) is 22.2 Å². The number of anilines is 1. The molecule has 0 unspecified atom stereocenters. The summed E-state index contributed by atoms with van der Waals surface area (Å²) in [6.45, 7) is 5.57. The number of H-pyrrole nitrogens is 1. The van der Waals surface area contributed by atoms with Crippen molar-refractivity contribution < 1.29 is 9.53 Å². The zero-order valence-corrected chi connectivity index (χ0v) is 14.5. The standard InChI is InChI=1S/C20H21N3O2/c1-3-17-13(2)22-20-18(17)10-15(11-21-20)14-5-4-6-16(9-14)23-7-8-25-12-19(23)24/h4-6,9-11H,3,7-8,12H2,1-2H3,(H,21,22). The van der Waals surface area contributed by atoms with Crippen LogP contribution in [0.3, 0.4) is 0 Å². The fourth-order valence-corrected chi connectivity index (χ4v) is 3.51. The van der Waals surface area contributed by atoms with Gasteiger partial charge in [0.05, 0.1) is 6.61 Å². The largest absolute Gasteiger partial charge is 0.370 e. The van der Waals surface area contributed by atoms with E-state index in [1.165, 1.54) is 16.6 Å². The van der Waals surface area contributed by atoms with Gasteiger partial charge in [0.1, 0.15) is 12.3 Å². The zero-order valence-electron chi connectivity index (χ0n) is 14.5. The molecule has 1 N–H and O–H groups in total. The first-order valence-electron chi connectivity index (χ1n) is 8.63. The molecule has 0 bridgehead atoms. The van der Waals surface area contributed by atoms with Crippen molar-refractivity contribution in [3.63, 3.8) is 0 Å². The lowest BCUT2D eigenvalue weighted by molar-refractivity contribution is -0.125. The van der Waals surface area contributed by atoms with E-state index >= 15 is 0 Å². The number of nitrogens with one attached hydrogen (secondary N) is 1. The first-order valence-corrected chi connectivity index (χ1v) is 8.63. The highest BCUT2D eigenvalue weighted by atomic mass is 16.5. The number of fused-ring (bicyclic) bond motifs is 1. The second-order valence-corrected chi connectivity index (χ2v) is 6.35. The number of aryl methyl sites for hydroxylation is 2. The predicted molar refractivity (Wildman–Crippen MR) is 98.8 cm³/mol. The minimum absolute atomic E-state index is 0.00602. The summed E-state index contributed by atoms with van der Waals surface area (Å²) < 4.78 is 5.22. The lowest BCUT2D eigenvalue weighted by Gasteiger charge is -2.27. The number of benzene rings is 1. The number of rotatable bonds is 3. The summed E-state index contributed by atoms with van der Waals surface area (Å²) in [6.07, 6.45) is 2.86. The minimum atomic E-state index is 0.00602. The van der Waals surface area contributed by atoms with Crippen LogP contribution >= 0.6 is 0 Å². The minimum Gasteiger partial charge on any atom is -0.370 e. The van der Waals surface area contributed by atoms with Crippen molar-refractivity contribution in [3.05, 3.63) is 47.8 Å². The molecule has 4 rings (SSSR count). The van der Waals surface area contributed by atoms with Gasteiger partial charge in [0.2, 0.25) is 0 Å². The summed E-state index contributed by atoms with van der Waals surface area (Å²) in [5.74, 6) is 0.00602. The average Bonchev–Trinajstić information content (AvgIpc) is 2.96. The molecule has 1 saturated heterocycles. The van der Waals surface area contributed by atoms with E-state index < -0.39 is 0 Å². The smallest absolute Gasteiger partial charge is 0.253 e. The van der Waals surface area contributed by atoms with Gasteiger partial charge in [-0.05, 0) is 42.7 Å². The van der Waals surface area contributed by atoms with E-state index in [2.05, 4.69) is 42.0 Å². The molecule has 0 spiro atoms. The highest BCUT2D eigenvalue weighted by Gasteiger charge is 2.20. The zero-order chi connectivity index (χ0) is 17.4. The topological polar surface area (TPSA) is 58.2 Å². The molecule has 1 amide bonds. The molecule has 128 valence electrons. The van der Waals surface area contributed by atoms with Gasteiger partial charge < -0.3 is 14.6 Å². The first kappa shape index (κ1) is 15.8. The van der Waals surface area contributed by atoms with Crippen molar-refractivity contribution in [1.82, 2.24) is 9.97 Å². The maximum Gasteiger partial charge on any atom is 0.253 e. The molecule has 1 fully saturated rings. The van der Waals surface area contributed by atoms with Gasteiger partial charge in [0.25, 0.3) is 5.91 Å². The van der Waals surface area contributed by atoms with E-state index in [-0.39, 0.29) is 12.5 Å². The second-order valence-electron chi connectivity index (χ2n) is 6.35. The van der Waals surface area contributed by atoms with E-state index in [0.29, 0.717) is 13.2 Å². The lowest BCUT2D eigenvalue weighted by Crippen LogP contribution is -2.41. The van der Waals surface area contributed by atoms with E-state index in [4.69, 9.17) is 4.74 Å². The number of carbonyl (C=O) groups is 1. The maximum absolute atomic E-state index is 12.1. The number of ether oxygens (including phenoxy) is 1. The number of nitrogens with zero attached hydrogens (tertiary/aromatic N) is 2. The molecule has 0 saturated carbocycles. The third kappa shape index (κ3) is 2.81. The average molecular weight is 335 g/mol. The fraction of sp³-hybridized carbons (Fsp3) is 0.300. The number of hydrogen-bond donors (Lipinski definition) is 1. The molecule has 1 aliphatic rings. The highest BCUT2D eigenvalue weighted by Crippen LogP contribution is 2.29. The van der Waals surface area contributed by atoms with Crippen LogP contribution in [-0.4, -0.2) is 35.6 Å². The summed E-state index contributed by atoms with van der Waals surface area (Å²) in [7, 11) is 0. The summed E-state index contributed by atoms with van der Waals surface area (Å²) in [5.41, 5.74) is 6.44. The lowest BCUT2D eigenvalue weighted by atomic mass is 10.0. The number of morpholine rings is 1. The third-order valence-electron chi connectivity index (χ3n) is 4.80. The Hall–Kier alpha value is -2.66. The van der Waals surface area contributed by atoms with Crippen molar-refractivity contribution in [1.29, 1.82) is 0 Å². The number of hydrogen-bond acceptors (Lipinski definition) is 3. The molecule has 0 aliphatic carbocycles. The Bertz CT molecular complexity index is 945. The maximum atomic E-state index is 12.1. The molecule has 0 radical (unpaired) electrons. The Labute approximate surface area is 146 Å². The number of amides is 1. The van der Waals surface area contributed by atoms with Crippen LogP contribution in [0.15, 0.2) is 36.5 Å². The molecular formula is C20H21N3O2. The van der Waals surface area contributed by atoms with Gasteiger partial charge >= 0.3 is 0 Å². The van der Waals surface area contributed by atoms with Gasteiger partial charge in [0, 0.05) is 35.1 Å². The van der Waals surface area contributed by atoms with Gasteiger partial charge in [-0.25, -0.2) is 4.98 Å². The number of pyridine rings is 1. The molecule has 1 aliphatic heterocycles. The van der Waals surface area contributed by atoms with Crippen molar-refractivity contribution in [2.24, 2.45) is 0 Å². The van der Waals surface area contributed by atoms with Crippen LogP contribution < -0.4 is 4.90 Å². The summed E-state index contributed by atoms with van der Waals surface area (Å²) >= 11 is 0. The van der Waals surface area contributed by atoms with Crippen LogP contribution in [-0.2, 0) is 16.0 Å². The Morgan fingerprint density at radius 2 is 2.16 bits per heavy atom. The van der Waals surface area contributed by atoms with Crippen molar-refractivity contribution >= 4 is 22.6 Å². The SMILES string of the molecule is CCc1c(C)[nH]c2ncc(-c3cccc(N4CCOCC4=O)c3)cc12. The van der Waals surface area contributed by atoms with Crippen LogP contribution in [0.2, 0.25) is 0 Å². The summed E-state index contributed by atoms with van der Waals surface area (Å²) in [6, 6.07) is 10.3. The Kier molecular flexibility index (Phi) is 4.01. The third-order valence-corrected chi connectivity index (χ3v) is 4.80. The normalized spacial score (nSPS) is 15.1. The Morgan fingerprint density at radius 3 is 2.96 bits per heavy atom. The van der Waals surface area contributed by atoms with Crippen LogP contribution in [0.4, 0.5) is 5.69 Å². The quantitative estimate of drug-likeness (QED) is 0.797. The summed E-state index contributed by atoms with van der Waals surface area (Å²) in [4.78, 5) is 21.8. The number of aromatic nitrogens is 2. The molecule has 25 heavy (non-hydrogen) atoms. The molecule has 5 nitrogen and oxygen atoms in total. The van der Waals surface area contributed by atoms with Gasteiger partial charge in [0.15, 0.2) is 0 Å². The van der Waals surface area contributed by atoms with Crippen LogP contribution in [0.5, 0.6) is 0 Å². The number of carbonyl (C=O) groups excluding carboxylic acids is 1. The predicted octanol–water partition coefficient (Wildman–Crippen LogP) is 3.46. The van der Waals surface area contributed by atoms with E-state index in [0.717, 1.165) is 28.9 Å². The van der Waals surface area contributed by atoms with Crippen LogP contribution in [0, 0.1) is 6.92 Å². The molecule has 3 heterocycles. The molecular weight excluding hydrogens is 314 g/mol. The summed E-state index contributed by atoms with van der Waals surface area (Å²) in [5, 5.41) is 1.17. The highest BCUT2D eigenvalue weighted by molar-refractivity contribution is 5.95. The van der Waals surface area contributed by atoms with Gasteiger partial charge in [-0.1, -0.05) is 19.1 Å². The van der Waals surface area contributed by atoms with Crippen molar-refractivity contribution in [2.45, 2.75) is 20.3 Å². The monoisotopic (exact) mass is 335 g/mol.